The summed E-state index contributed by atoms with van der Waals surface area (Å²) in [5, 5.41) is 4.17. The van der Waals surface area contributed by atoms with Crippen LogP contribution in [0.25, 0.3) is 5.82 Å². The quantitative estimate of drug-likeness (QED) is 0.823. The van der Waals surface area contributed by atoms with E-state index in [-0.39, 0.29) is 11.0 Å². The molecule has 0 radical (unpaired) electrons. The molecule has 5 rings (SSSR count). The first-order chi connectivity index (χ1) is 8.19. The molecule has 0 spiro atoms. The van der Waals surface area contributed by atoms with Gasteiger partial charge in [0.15, 0.2) is 5.82 Å². The molecule has 2 N–H and O–H groups in total. The summed E-state index contributed by atoms with van der Waals surface area (Å²) in [6, 6.07) is 1.88. The fourth-order valence-corrected chi connectivity index (χ4v) is 3.26. The van der Waals surface area contributed by atoms with E-state index in [2.05, 4.69) is 15.1 Å². The number of hydrogen-bond acceptors (Lipinski definition) is 4. The highest BCUT2D eigenvalue weighted by molar-refractivity contribution is 5.38. The van der Waals surface area contributed by atoms with Gasteiger partial charge in [-0.25, -0.2) is 9.67 Å². The second-order valence-corrected chi connectivity index (χ2v) is 5.39. The average molecular weight is 227 g/mol. The van der Waals surface area contributed by atoms with Crippen LogP contribution < -0.4 is 5.73 Å². The standard InChI is InChI=1S/C12H13N5/c13-12-6-11(7-12,8-12)9-4-14-5-10(16-9)17-3-1-2-15-17/h1-5H,6-8,13H2. The van der Waals surface area contributed by atoms with E-state index in [4.69, 9.17) is 5.73 Å². The van der Waals surface area contributed by atoms with Crippen LogP contribution in [-0.4, -0.2) is 25.3 Å². The van der Waals surface area contributed by atoms with Crippen LogP contribution >= 0.6 is 0 Å². The maximum atomic E-state index is 6.08. The molecule has 3 saturated carbocycles. The van der Waals surface area contributed by atoms with E-state index in [0.717, 1.165) is 30.8 Å². The van der Waals surface area contributed by atoms with Crippen molar-refractivity contribution in [2.24, 2.45) is 5.73 Å². The van der Waals surface area contributed by atoms with Gasteiger partial charge in [-0.1, -0.05) is 0 Å². The molecular weight excluding hydrogens is 214 g/mol. The molecule has 2 aromatic heterocycles. The van der Waals surface area contributed by atoms with Crippen LogP contribution in [0.5, 0.6) is 0 Å². The lowest BCUT2D eigenvalue weighted by Gasteiger charge is -2.68. The van der Waals surface area contributed by atoms with Crippen LogP contribution in [0.2, 0.25) is 0 Å². The fourth-order valence-electron chi connectivity index (χ4n) is 3.26. The van der Waals surface area contributed by atoms with Gasteiger partial charge in [0.05, 0.1) is 11.9 Å². The van der Waals surface area contributed by atoms with E-state index in [1.54, 1.807) is 17.1 Å². The molecule has 5 heteroatoms. The number of nitrogens with two attached hydrogens (primary N) is 1. The van der Waals surface area contributed by atoms with Gasteiger partial charge in [0.2, 0.25) is 0 Å². The van der Waals surface area contributed by atoms with E-state index < -0.39 is 0 Å². The van der Waals surface area contributed by atoms with Crippen LogP contribution in [0.1, 0.15) is 25.0 Å². The first kappa shape index (κ1) is 9.30. The van der Waals surface area contributed by atoms with Crippen molar-refractivity contribution in [2.75, 3.05) is 0 Å². The number of rotatable bonds is 2. The van der Waals surface area contributed by atoms with Crippen molar-refractivity contribution < 1.29 is 0 Å². The van der Waals surface area contributed by atoms with Crippen molar-refractivity contribution in [1.29, 1.82) is 0 Å². The maximum Gasteiger partial charge on any atom is 0.172 e. The fraction of sp³-hybridized carbons (Fsp3) is 0.417. The average Bonchev–Trinajstić information content (AvgIpc) is 2.77. The van der Waals surface area contributed by atoms with Crippen LogP contribution in [0, 0.1) is 0 Å². The predicted molar refractivity (Wildman–Crippen MR) is 61.6 cm³/mol. The van der Waals surface area contributed by atoms with Crippen LogP contribution in [-0.2, 0) is 5.41 Å². The van der Waals surface area contributed by atoms with Gasteiger partial charge in [0.1, 0.15) is 0 Å². The lowest BCUT2D eigenvalue weighted by Crippen LogP contribution is -2.74. The molecule has 3 fully saturated rings. The first-order valence-electron chi connectivity index (χ1n) is 5.81. The third-order valence-electron chi connectivity index (χ3n) is 3.98. The summed E-state index contributed by atoms with van der Waals surface area (Å²) in [4.78, 5) is 8.93. The highest BCUT2D eigenvalue weighted by atomic mass is 15.3. The summed E-state index contributed by atoms with van der Waals surface area (Å²) >= 11 is 0. The maximum absolute atomic E-state index is 6.08. The molecule has 0 aliphatic heterocycles. The second kappa shape index (κ2) is 2.73. The zero-order valence-electron chi connectivity index (χ0n) is 9.37. The van der Waals surface area contributed by atoms with Crippen molar-refractivity contribution in [1.82, 2.24) is 19.7 Å². The van der Waals surface area contributed by atoms with E-state index in [1.807, 2.05) is 18.5 Å². The van der Waals surface area contributed by atoms with Crippen molar-refractivity contribution in [3.63, 3.8) is 0 Å². The van der Waals surface area contributed by atoms with E-state index in [0.29, 0.717) is 0 Å². The normalized spacial score (nSPS) is 33.9. The Balaban J connectivity index is 1.72. The van der Waals surface area contributed by atoms with E-state index in [1.165, 1.54) is 0 Å². The molecule has 0 atom stereocenters. The van der Waals surface area contributed by atoms with Gasteiger partial charge in [-0.3, -0.25) is 4.98 Å². The van der Waals surface area contributed by atoms with Gasteiger partial charge >= 0.3 is 0 Å². The van der Waals surface area contributed by atoms with Gasteiger partial charge < -0.3 is 5.73 Å². The Labute approximate surface area is 98.7 Å². The zero-order chi connectivity index (χ0) is 11.5. The van der Waals surface area contributed by atoms with Crippen molar-refractivity contribution in [2.45, 2.75) is 30.2 Å². The monoisotopic (exact) mass is 227 g/mol. The first-order valence-corrected chi connectivity index (χ1v) is 5.81. The molecule has 0 saturated heterocycles. The highest BCUT2D eigenvalue weighted by Crippen LogP contribution is 2.65. The Morgan fingerprint density at radius 2 is 2.06 bits per heavy atom. The third kappa shape index (κ3) is 1.14. The largest absolute Gasteiger partial charge is 0.325 e. The molecule has 17 heavy (non-hydrogen) atoms. The summed E-state index contributed by atoms with van der Waals surface area (Å²) < 4.78 is 1.74. The number of hydrogen-bond donors (Lipinski definition) is 1. The Morgan fingerprint density at radius 3 is 2.71 bits per heavy atom. The Kier molecular flexibility index (Phi) is 1.50. The SMILES string of the molecule is NC12CC(c3cncc(-n4cccn4)n3)(C1)C2. The Morgan fingerprint density at radius 1 is 1.24 bits per heavy atom. The summed E-state index contributed by atoms with van der Waals surface area (Å²) in [6.45, 7) is 0. The lowest BCUT2D eigenvalue weighted by atomic mass is 9.39. The lowest BCUT2D eigenvalue weighted by molar-refractivity contribution is -0.0622. The van der Waals surface area contributed by atoms with Gasteiger partial charge in [-0.2, -0.15) is 5.10 Å². The predicted octanol–water partition coefficient (Wildman–Crippen LogP) is 0.795. The van der Waals surface area contributed by atoms with Gasteiger partial charge in [-0.15, -0.1) is 0 Å². The van der Waals surface area contributed by atoms with Crippen LogP contribution in [0.4, 0.5) is 0 Å². The molecule has 2 heterocycles. The van der Waals surface area contributed by atoms with Crippen molar-refractivity contribution in [3.8, 4) is 5.82 Å². The summed E-state index contributed by atoms with van der Waals surface area (Å²) in [7, 11) is 0. The number of nitrogens with zero attached hydrogens (tertiary/aromatic N) is 4. The van der Waals surface area contributed by atoms with Crippen LogP contribution in [0.15, 0.2) is 30.9 Å². The van der Waals surface area contributed by atoms with E-state index in [9.17, 15) is 0 Å². The third-order valence-corrected chi connectivity index (χ3v) is 3.98. The molecule has 86 valence electrons. The Hall–Kier alpha value is -1.75. The second-order valence-electron chi connectivity index (χ2n) is 5.39. The topological polar surface area (TPSA) is 69.6 Å². The minimum Gasteiger partial charge on any atom is -0.325 e. The summed E-state index contributed by atoms with van der Waals surface area (Å²) in [6.07, 6.45) is 10.4. The smallest absolute Gasteiger partial charge is 0.172 e. The van der Waals surface area contributed by atoms with Crippen molar-refractivity contribution >= 4 is 0 Å². The zero-order valence-corrected chi connectivity index (χ0v) is 9.37. The minimum absolute atomic E-state index is 0.101. The molecule has 3 aliphatic carbocycles. The molecule has 5 nitrogen and oxygen atoms in total. The van der Waals surface area contributed by atoms with E-state index >= 15 is 0 Å². The summed E-state index contributed by atoms with van der Waals surface area (Å²) in [5.41, 5.74) is 7.46. The van der Waals surface area contributed by atoms with Gasteiger partial charge in [0.25, 0.3) is 0 Å². The molecule has 3 aliphatic rings. The minimum atomic E-state index is 0.101. The van der Waals surface area contributed by atoms with Gasteiger partial charge in [0, 0.05) is 29.5 Å². The molecule has 0 unspecified atom stereocenters. The number of aromatic nitrogens is 4. The highest BCUT2D eigenvalue weighted by Gasteiger charge is 2.67. The molecule has 0 aromatic carbocycles. The van der Waals surface area contributed by atoms with Crippen LogP contribution in [0.3, 0.4) is 0 Å². The Bertz CT molecular complexity index is 555. The molecule has 2 aromatic rings. The molecular formula is C12H13N5. The summed E-state index contributed by atoms with van der Waals surface area (Å²) in [5.74, 6) is 0.781. The molecule has 0 amide bonds. The van der Waals surface area contributed by atoms with Crippen molar-refractivity contribution in [3.05, 3.63) is 36.5 Å². The van der Waals surface area contributed by atoms with Gasteiger partial charge in [-0.05, 0) is 25.3 Å². The molecule has 2 bridgehead atoms.